The third kappa shape index (κ3) is 5.68. The van der Waals surface area contributed by atoms with Crippen LogP contribution in [0.1, 0.15) is 0 Å². The maximum Gasteiger partial charge on any atom is 0.143 e. The van der Waals surface area contributed by atoms with E-state index >= 15 is 0 Å². The molecule has 11 aromatic rings. The van der Waals surface area contributed by atoms with Crippen LogP contribution < -0.4 is 4.90 Å². The molecule has 0 bridgehead atoms. The van der Waals surface area contributed by atoms with E-state index in [-0.39, 0.29) is 0 Å². The average molecular weight is 729 g/mol. The first-order valence-corrected chi connectivity index (χ1v) is 19.4. The fourth-order valence-electron chi connectivity index (χ4n) is 8.50. The van der Waals surface area contributed by atoms with E-state index in [0.29, 0.717) is 0 Å². The first-order valence-electron chi connectivity index (χ1n) is 19.4. The molecule has 3 heteroatoms. The molecule has 3 nitrogen and oxygen atoms in total. The number of benzene rings is 9. The predicted octanol–water partition coefficient (Wildman–Crippen LogP) is 15.2. The highest BCUT2D eigenvalue weighted by molar-refractivity contribution is 6.10. The van der Waals surface area contributed by atoms with Crippen molar-refractivity contribution in [2.24, 2.45) is 0 Å². The number of para-hydroxylation sites is 6. The Kier molecular flexibility index (Phi) is 7.82. The summed E-state index contributed by atoms with van der Waals surface area (Å²) in [5, 5.41) is 4.77. The Labute approximate surface area is 330 Å². The van der Waals surface area contributed by atoms with Gasteiger partial charge in [0.1, 0.15) is 11.2 Å². The van der Waals surface area contributed by atoms with Crippen LogP contribution in [0.4, 0.5) is 17.1 Å². The van der Waals surface area contributed by atoms with Gasteiger partial charge in [0.05, 0.1) is 11.0 Å². The highest BCUT2D eigenvalue weighted by atomic mass is 16.3. The van der Waals surface area contributed by atoms with Gasteiger partial charge in [0.2, 0.25) is 0 Å². The van der Waals surface area contributed by atoms with Crippen molar-refractivity contribution in [3.05, 3.63) is 218 Å². The van der Waals surface area contributed by atoms with E-state index in [1.807, 2.05) is 6.07 Å². The number of furan rings is 1. The molecule has 57 heavy (non-hydrogen) atoms. The Morgan fingerprint density at radius 3 is 1.42 bits per heavy atom. The summed E-state index contributed by atoms with van der Waals surface area (Å²) in [5.41, 5.74) is 15.4. The van der Waals surface area contributed by atoms with E-state index in [4.69, 9.17) is 4.42 Å². The van der Waals surface area contributed by atoms with Gasteiger partial charge in [0, 0.05) is 49.9 Å². The van der Waals surface area contributed by atoms with Gasteiger partial charge in [-0.05, 0) is 113 Å². The minimum Gasteiger partial charge on any atom is -0.455 e. The average Bonchev–Trinajstić information content (AvgIpc) is 3.84. The number of fused-ring (bicyclic) bond motifs is 6. The molecule has 0 saturated heterocycles. The Morgan fingerprint density at radius 2 is 0.807 bits per heavy atom. The minimum atomic E-state index is 0.897. The summed E-state index contributed by atoms with van der Waals surface area (Å²) in [5.74, 6) is 0. The Hall–Kier alpha value is -7.62. The van der Waals surface area contributed by atoms with Gasteiger partial charge in [-0.2, -0.15) is 0 Å². The molecule has 268 valence electrons. The van der Waals surface area contributed by atoms with Crippen molar-refractivity contribution in [3.8, 4) is 39.1 Å². The molecule has 2 heterocycles. The molecule has 0 aliphatic carbocycles. The minimum absolute atomic E-state index is 0.897. The highest BCUT2D eigenvalue weighted by Gasteiger charge is 2.17. The van der Waals surface area contributed by atoms with Gasteiger partial charge in [-0.3, -0.25) is 0 Å². The van der Waals surface area contributed by atoms with Gasteiger partial charge >= 0.3 is 0 Å². The van der Waals surface area contributed by atoms with Crippen molar-refractivity contribution in [2.45, 2.75) is 0 Å². The van der Waals surface area contributed by atoms with E-state index in [2.05, 4.69) is 222 Å². The zero-order valence-electron chi connectivity index (χ0n) is 31.1. The van der Waals surface area contributed by atoms with Crippen LogP contribution in [0.5, 0.6) is 0 Å². The maximum absolute atomic E-state index is 6.57. The van der Waals surface area contributed by atoms with E-state index in [0.717, 1.165) is 78.1 Å². The number of hydrogen-bond donors (Lipinski definition) is 0. The fraction of sp³-hybridized carbons (Fsp3) is 0. The molecule has 11 rings (SSSR count). The predicted molar refractivity (Wildman–Crippen MR) is 239 cm³/mol. The standard InChI is InChI=1S/C54H36N2O/c1-3-14-42(15-4-1)55(43-16-5-2-6-17-43)44-30-26-37(27-31-44)39-34-40(36-41(35-39)46-21-13-22-50-49-20-9-12-25-53(49)57-54(46)50)38-28-32-45(33-29-38)56-51-23-10-7-18-47(51)48-19-8-11-24-52(48)56/h1-36H. The Balaban J connectivity index is 1.05. The molecule has 2 aromatic heterocycles. The van der Waals surface area contributed by atoms with Crippen molar-refractivity contribution in [1.82, 2.24) is 4.57 Å². The topological polar surface area (TPSA) is 21.3 Å². The van der Waals surface area contributed by atoms with Crippen molar-refractivity contribution in [3.63, 3.8) is 0 Å². The largest absolute Gasteiger partial charge is 0.455 e. The quantitative estimate of drug-likeness (QED) is 0.163. The number of anilines is 3. The van der Waals surface area contributed by atoms with Crippen LogP contribution in [-0.2, 0) is 0 Å². The lowest BCUT2D eigenvalue weighted by Crippen LogP contribution is -2.09. The Bertz CT molecular complexity index is 3120. The third-order valence-electron chi connectivity index (χ3n) is 11.2. The lowest BCUT2D eigenvalue weighted by atomic mass is 9.92. The normalized spacial score (nSPS) is 11.5. The molecule has 9 aromatic carbocycles. The molecule has 0 fully saturated rings. The lowest BCUT2D eigenvalue weighted by Gasteiger charge is -2.25. The van der Waals surface area contributed by atoms with E-state index in [9.17, 15) is 0 Å². The van der Waals surface area contributed by atoms with Gasteiger partial charge in [-0.25, -0.2) is 0 Å². The first-order chi connectivity index (χ1) is 28.3. The molecule has 0 saturated carbocycles. The molecule has 0 spiro atoms. The number of aromatic nitrogens is 1. The van der Waals surface area contributed by atoms with E-state index in [1.54, 1.807) is 0 Å². The number of nitrogens with zero attached hydrogens (tertiary/aromatic N) is 2. The number of hydrogen-bond acceptors (Lipinski definition) is 2. The van der Waals surface area contributed by atoms with Crippen molar-refractivity contribution in [2.75, 3.05) is 4.90 Å². The van der Waals surface area contributed by atoms with E-state index in [1.165, 1.54) is 21.8 Å². The van der Waals surface area contributed by atoms with Crippen LogP contribution >= 0.6 is 0 Å². The molecule has 0 unspecified atom stereocenters. The first kappa shape index (κ1) is 32.8. The summed E-state index contributed by atoms with van der Waals surface area (Å²) in [6.45, 7) is 0. The summed E-state index contributed by atoms with van der Waals surface area (Å²) in [4.78, 5) is 2.30. The molecule has 0 radical (unpaired) electrons. The van der Waals surface area contributed by atoms with Crippen LogP contribution in [0, 0.1) is 0 Å². The summed E-state index contributed by atoms with van der Waals surface area (Å²) in [7, 11) is 0. The van der Waals surface area contributed by atoms with Crippen LogP contribution in [0.2, 0.25) is 0 Å². The van der Waals surface area contributed by atoms with Crippen LogP contribution in [0.3, 0.4) is 0 Å². The van der Waals surface area contributed by atoms with Gasteiger partial charge in [-0.1, -0.05) is 133 Å². The van der Waals surface area contributed by atoms with E-state index < -0.39 is 0 Å². The SMILES string of the molecule is c1ccc(N(c2ccccc2)c2ccc(-c3cc(-c4ccc(-n5c6ccccc6c6ccccc65)cc4)cc(-c4cccc5c4oc4ccccc45)c3)cc2)cc1. The molecule has 0 atom stereocenters. The summed E-state index contributed by atoms with van der Waals surface area (Å²) < 4.78 is 8.94. The summed E-state index contributed by atoms with van der Waals surface area (Å²) >= 11 is 0. The monoisotopic (exact) mass is 728 g/mol. The molecule has 0 amide bonds. The summed E-state index contributed by atoms with van der Waals surface area (Å²) in [6.07, 6.45) is 0. The highest BCUT2D eigenvalue weighted by Crippen LogP contribution is 2.41. The number of rotatable bonds is 7. The van der Waals surface area contributed by atoms with Crippen molar-refractivity contribution in [1.29, 1.82) is 0 Å². The van der Waals surface area contributed by atoms with Crippen LogP contribution in [0.25, 0.3) is 82.8 Å². The zero-order valence-corrected chi connectivity index (χ0v) is 31.1. The van der Waals surface area contributed by atoms with Gasteiger partial charge in [0.15, 0.2) is 0 Å². The Morgan fingerprint density at radius 1 is 0.333 bits per heavy atom. The lowest BCUT2D eigenvalue weighted by molar-refractivity contribution is 0.670. The second-order valence-corrected chi connectivity index (χ2v) is 14.5. The third-order valence-corrected chi connectivity index (χ3v) is 11.2. The molecule has 0 aliphatic heterocycles. The fourth-order valence-corrected chi connectivity index (χ4v) is 8.50. The molecular weight excluding hydrogens is 693 g/mol. The molecule has 0 N–H and O–H groups in total. The molecule has 0 aliphatic rings. The van der Waals surface area contributed by atoms with Gasteiger partial charge < -0.3 is 13.9 Å². The van der Waals surface area contributed by atoms with Crippen LogP contribution in [0.15, 0.2) is 223 Å². The second-order valence-electron chi connectivity index (χ2n) is 14.5. The maximum atomic E-state index is 6.57. The van der Waals surface area contributed by atoms with Crippen LogP contribution in [-0.4, -0.2) is 4.57 Å². The van der Waals surface area contributed by atoms with Crippen molar-refractivity contribution >= 4 is 60.8 Å². The van der Waals surface area contributed by atoms with Gasteiger partial charge in [-0.15, -0.1) is 0 Å². The second kappa shape index (κ2) is 13.6. The van der Waals surface area contributed by atoms with Crippen molar-refractivity contribution < 1.29 is 4.42 Å². The molecular formula is C54H36N2O. The zero-order chi connectivity index (χ0) is 37.7. The van der Waals surface area contributed by atoms with Gasteiger partial charge in [0.25, 0.3) is 0 Å². The summed E-state index contributed by atoms with van der Waals surface area (Å²) in [6, 6.07) is 78.1. The smallest absolute Gasteiger partial charge is 0.143 e.